The Morgan fingerprint density at radius 3 is 2.53 bits per heavy atom. The van der Waals surface area contributed by atoms with Crippen molar-refractivity contribution in [2.45, 2.75) is 51.2 Å². The van der Waals surface area contributed by atoms with Gasteiger partial charge in [0.2, 0.25) is 0 Å². The fourth-order valence-electron chi connectivity index (χ4n) is 2.54. The molecule has 0 saturated heterocycles. The van der Waals surface area contributed by atoms with Crippen molar-refractivity contribution in [3.63, 3.8) is 0 Å². The number of rotatable bonds is 8. The van der Waals surface area contributed by atoms with Gasteiger partial charge in [0.25, 0.3) is 0 Å². The van der Waals surface area contributed by atoms with E-state index in [9.17, 15) is 5.11 Å². The molecule has 0 aliphatic heterocycles. The Kier molecular flexibility index (Phi) is 8.27. The van der Waals surface area contributed by atoms with Crippen molar-refractivity contribution in [3.05, 3.63) is 0 Å². The molecule has 17 heavy (non-hydrogen) atoms. The Morgan fingerprint density at radius 1 is 1.24 bits per heavy atom. The third-order valence-corrected chi connectivity index (χ3v) is 4.72. The Balaban J connectivity index is 2.26. The van der Waals surface area contributed by atoms with E-state index in [0.717, 1.165) is 18.2 Å². The number of aliphatic hydroxyl groups excluding tert-OH is 2. The third-order valence-electron chi connectivity index (χ3n) is 3.50. The van der Waals surface area contributed by atoms with Gasteiger partial charge in [-0.15, -0.1) is 0 Å². The molecule has 1 fully saturated rings. The zero-order valence-corrected chi connectivity index (χ0v) is 11.7. The molecule has 3 N–H and O–H groups in total. The maximum absolute atomic E-state index is 9.32. The van der Waals surface area contributed by atoms with Gasteiger partial charge in [-0.1, -0.05) is 26.2 Å². The lowest BCUT2D eigenvalue weighted by atomic mass is 9.84. The molecule has 0 aromatic rings. The molecule has 0 amide bonds. The largest absolute Gasteiger partial charge is 0.394 e. The first-order chi connectivity index (χ1) is 8.27. The minimum Gasteiger partial charge on any atom is -0.394 e. The zero-order valence-electron chi connectivity index (χ0n) is 10.9. The number of hydrogen-bond donors (Lipinski definition) is 3. The van der Waals surface area contributed by atoms with Gasteiger partial charge in [-0.2, -0.15) is 11.8 Å². The van der Waals surface area contributed by atoms with Gasteiger partial charge in [-0.25, -0.2) is 0 Å². The molecule has 0 aromatic heterocycles. The SMILES string of the molecule is CCNC(CSCC(O)CO)C1CCCCC1. The number of nitrogens with one attached hydrogen (secondary N) is 1. The summed E-state index contributed by atoms with van der Waals surface area (Å²) in [5.74, 6) is 2.50. The van der Waals surface area contributed by atoms with E-state index in [2.05, 4.69) is 12.2 Å². The Hall–Kier alpha value is 0.230. The first-order valence-electron chi connectivity index (χ1n) is 6.88. The number of hydrogen-bond acceptors (Lipinski definition) is 4. The molecule has 2 atom stereocenters. The average Bonchev–Trinajstić information content (AvgIpc) is 2.38. The Bertz CT molecular complexity index is 186. The van der Waals surface area contributed by atoms with E-state index in [1.807, 2.05) is 0 Å². The lowest BCUT2D eigenvalue weighted by Gasteiger charge is -2.30. The summed E-state index contributed by atoms with van der Waals surface area (Å²) in [5.41, 5.74) is 0. The van der Waals surface area contributed by atoms with Crippen molar-refractivity contribution in [1.29, 1.82) is 0 Å². The molecule has 2 unspecified atom stereocenters. The molecule has 4 heteroatoms. The van der Waals surface area contributed by atoms with Crippen molar-refractivity contribution in [3.8, 4) is 0 Å². The van der Waals surface area contributed by atoms with Gasteiger partial charge in [-0.05, 0) is 25.3 Å². The summed E-state index contributed by atoms with van der Waals surface area (Å²) in [6, 6.07) is 0.580. The predicted molar refractivity (Wildman–Crippen MR) is 74.5 cm³/mol. The summed E-state index contributed by atoms with van der Waals surface area (Å²) in [7, 11) is 0. The highest BCUT2D eigenvalue weighted by Crippen LogP contribution is 2.28. The molecular weight excluding hydrogens is 234 g/mol. The average molecular weight is 261 g/mol. The number of thioether (sulfide) groups is 1. The van der Waals surface area contributed by atoms with E-state index in [-0.39, 0.29) is 6.61 Å². The van der Waals surface area contributed by atoms with Gasteiger partial charge in [0.15, 0.2) is 0 Å². The highest BCUT2D eigenvalue weighted by atomic mass is 32.2. The molecule has 0 spiro atoms. The van der Waals surface area contributed by atoms with E-state index in [4.69, 9.17) is 5.11 Å². The fraction of sp³-hybridized carbons (Fsp3) is 1.00. The van der Waals surface area contributed by atoms with Gasteiger partial charge in [0, 0.05) is 17.5 Å². The summed E-state index contributed by atoms with van der Waals surface area (Å²) in [6.45, 7) is 3.05. The minimum absolute atomic E-state index is 0.123. The lowest BCUT2D eigenvalue weighted by molar-refractivity contribution is 0.113. The first kappa shape index (κ1) is 15.3. The van der Waals surface area contributed by atoms with E-state index >= 15 is 0 Å². The molecule has 0 heterocycles. The number of aliphatic hydroxyl groups is 2. The quantitative estimate of drug-likeness (QED) is 0.622. The fourth-order valence-corrected chi connectivity index (χ4v) is 3.70. The normalized spacial score (nSPS) is 21.4. The molecule has 0 aromatic carbocycles. The summed E-state index contributed by atoms with van der Waals surface area (Å²) in [4.78, 5) is 0. The first-order valence-corrected chi connectivity index (χ1v) is 8.03. The van der Waals surface area contributed by atoms with E-state index in [0.29, 0.717) is 11.8 Å². The summed E-state index contributed by atoms with van der Waals surface area (Å²) < 4.78 is 0. The van der Waals surface area contributed by atoms with Crippen LogP contribution in [0.3, 0.4) is 0 Å². The second-order valence-corrected chi connectivity index (χ2v) is 6.01. The van der Waals surface area contributed by atoms with Crippen LogP contribution in [0.1, 0.15) is 39.0 Å². The van der Waals surface area contributed by atoms with Crippen LogP contribution in [-0.2, 0) is 0 Å². The van der Waals surface area contributed by atoms with Crippen molar-refractivity contribution < 1.29 is 10.2 Å². The van der Waals surface area contributed by atoms with Gasteiger partial charge in [-0.3, -0.25) is 0 Å². The van der Waals surface area contributed by atoms with Crippen molar-refractivity contribution in [2.24, 2.45) is 5.92 Å². The molecule has 1 aliphatic rings. The Morgan fingerprint density at radius 2 is 1.94 bits per heavy atom. The van der Waals surface area contributed by atoms with Crippen LogP contribution in [0, 0.1) is 5.92 Å². The summed E-state index contributed by atoms with van der Waals surface area (Å²) in [6.07, 6.45) is 6.27. The van der Waals surface area contributed by atoms with Crippen molar-refractivity contribution in [1.82, 2.24) is 5.32 Å². The maximum Gasteiger partial charge on any atom is 0.0861 e. The van der Waals surface area contributed by atoms with Crippen LogP contribution in [-0.4, -0.2) is 47.0 Å². The minimum atomic E-state index is -0.561. The molecule has 1 rings (SSSR count). The second kappa shape index (κ2) is 9.20. The molecular formula is C13H27NO2S. The van der Waals surface area contributed by atoms with Crippen molar-refractivity contribution in [2.75, 3.05) is 24.7 Å². The molecule has 3 nitrogen and oxygen atoms in total. The van der Waals surface area contributed by atoms with E-state index in [1.54, 1.807) is 11.8 Å². The van der Waals surface area contributed by atoms with Crippen LogP contribution in [0.4, 0.5) is 0 Å². The van der Waals surface area contributed by atoms with Crippen LogP contribution in [0.15, 0.2) is 0 Å². The third kappa shape index (κ3) is 6.09. The van der Waals surface area contributed by atoms with Gasteiger partial charge in [0.1, 0.15) is 0 Å². The highest BCUT2D eigenvalue weighted by Gasteiger charge is 2.22. The topological polar surface area (TPSA) is 52.5 Å². The van der Waals surface area contributed by atoms with Crippen LogP contribution in [0.25, 0.3) is 0 Å². The predicted octanol–water partition coefficient (Wildman–Crippen LogP) is 1.63. The monoisotopic (exact) mass is 261 g/mol. The van der Waals surface area contributed by atoms with E-state index in [1.165, 1.54) is 32.1 Å². The molecule has 1 saturated carbocycles. The Labute approximate surface area is 109 Å². The zero-order chi connectivity index (χ0) is 12.5. The van der Waals surface area contributed by atoms with Crippen LogP contribution >= 0.6 is 11.8 Å². The molecule has 0 bridgehead atoms. The van der Waals surface area contributed by atoms with Gasteiger partial charge < -0.3 is 15.5 Å². The molecule has 0 radical (unpaired) electrons. The summed E-state index contributed by atoms with van der Waals surface area (Å²) in [5, 5.41) is 21.7. The van der Waals surface area contributed by atoms with Crippen molar-refractivity contribution >= 4 is 11.8 Å². The van der Waals surface area contributed by atoms with Crippen LogP contribution in [0.5, 0.6) is 0 Å². The van der Waals surface area contributed by atoms with Crippen LogP contribution in [0.2, 0.25) is 0 Å². The standard InChI is InChI=1S/C13H27NO2S/c1-2-14-13(10-17-9-12(16)8-15)11-6-4-3-5-7-11/h11-16H,2-10H2,1H3. The van der Waals surface area contributed by atoms with Crippen LogP contribution < -0.4 is 5.32 Å². The lowest BCUT2D eigenvalue weighted by Crippen LogP contribution is -2.39. The molecule has 1 aliphatic carbocycles. The molecule has 102 valence electrons. The van der Waals surface area contributed by atoms with Gasteiger partial charge >= 0.3 is 0 Å². The summed E-state index contributed by atoms with van der Waals surface area (Å²) >= 11 is 1.76. The van der Waals surface area contributed by atoms with Gasteiger partial charge in [0.05, 0.1) is 12.7 Å². The maximum atomic E-state index is 9.32. The second-order valence-electron chi connectivity index (χ2n) is 4.94. The van der Waals surface area contributed by atoms with E-state index < -0.39 is 6.10 Å². The highest BCUT2D eigenvalue weighted by molar-refractivity contribution is 7.99. The smallest absolute Gasteiger partial charge is 0.0861 e.